The number of benzene rings is 1. The maximum Gasteiger partial charge on any atom is 0.102 e. The van der Waals surface area contributed by atoms with Gasteiger partial charge in [-0.3, -0.25) is 0 Å². The second-order valence-corrected chi connectivity index (χ2v) is 5.45. The van der Waals surface area contributed by atoms with Crippen LogP contribution in [-0.2, 0) is 5.60 Å². The van der Waals surface area contributed by atoms with Crippen LogP contribution in [0.1, 0.15) is 24.5 Å². The van der Waals surface area contributed by atoms with Crippen LogP contribution >= 0.6 is 11.8 Å². The Morgan fingerprint density at radius 1 is 1.43 bits per heavy atom. The molecule has 2 rings (SSSR count). The first-order valence-corrected chi connectivity index (χ1v) is 6.09. The molecule has 1 saturated heterocycles. The van der Waals surface area contributed by atoms with Crippen LogP contribution in [0.2, 0.25) is 0 Å². The highest BCUT2D eigenvalue weighted by molar-refractivity contribution is 8.00. The van der Waals surface area contributed by atoms with Crippen LogP contribution in [0.25, 0.3) is 0 Å². The van der Waals surface area contributed by atoms with Crippen LogP contribution in [0, 0.1) is 6.92 Å². The Kier molecular flexibility index (Phi) is 2.58. The van der Waals surface area contributed by atoms with E-state index in [4.69, 9.17) is 0 Å². The second-order valence-electron chi connectivity index (χ2n) is 4.00. The molecule has 0 unspecified atom stereocenters. The zero-order chi connectivity index (χ0) is 10.2. The van der Waals surface area contributed by atoms with Crippen molar-refractivity contribution in [2.75, 3.05) is 5.75 Å². The monoisotopic (exact) mass is 208 g/mol. The summed E-state index contributed by atoms with van der Waals surface area (Å²) in [6.45, 7) is 4.19. The largest absolute Gasteiger partial charge is 0.384 e. The summed E-state index contributed by atoms with van der Waals surface area (Å²) in [5.41, 5.74) is 1.71. The van der Waals surface area contributed by atoms with Gasteiger partial charge >= 0.3 is 0 Å². The lowest BCUT2D eigenvalue weighted by Crippen LogP contribution is -2.32. The first kappa shape index (κ1) is 10.1. The standard InChI is InChI=1S/C12H16OS/c1-9-5-3-4-6-11(9)12(13)7-8-14-10(12)2/h3-6,10,13H,7-8H2,1-2H3/t10-,12+/m0/s1. The van der Waals surface area contributed by atoms with Gasteiger partial charge in [-0.1, -0.05) is 31.2 Å². The Labute approximate surface area is 89.5 Å². The molecular formula is C12H16OS. The topological polar surface area (TPSA) is 20.2 Å². The fourth-order valence-corrected chi connectivity index (χ4v) is 3.45. The highest BCUT2D eigenvalue weighted by Crippen LogP contribution is 2.43. The Balaban J connectivity index is 2.43. The van der Waals surface area contributed by atoms with Gasteiger partial charge in [-0.05, 0) is 30.2 Å². The van der Waals surface area contributed by atoms with Crippen LogP contribution in [-0.4, -0.2) is 16.1 Å². The average molecular weight is 208 g/mol. The molecule has 0 saturated carbocycles. The van der Waals surface area contributed by atoms with Crippen molar-refractivity contribution in [3.63, 3.8) is 0 Å². The molecule has 0 amide bonds. The van der Waals surface area contributed by atoms with Crippen LogP contribution < -0.4 is 0 Å². The van der Waals surface area contributed by atoms with E-state index in [1.807, 2.05) is 23.9 Å². The molecule has 14 heavy (non-hydrogen) atoms. The minimum Gasteiger partial charge on any atom is -0.384 e. The fraction of sp³-hybridized carbons (Fsp3) is 0.500. The molecule has 1 fully saturated rings. The lowest BCUT2D eigenvalue weighted by atomic mass is 9.86. The molecule has 1 aromatic carbocycles. The highest BCUT2D eigenvalue weighted by Gasteiger charge is 2.41. The van der Waals surface area contributed by atoms with E-state index in [2.05, 4.69) is 26.0 Å². The lowest BCUT2D eigenvalue weighted by Gasteiger charge is -2.28. The zero-order valence-corrected chi connectivity index (χ0v) is 9.47. The highest BCUT2D eigenvalue weighted by atomic mass is 32.2. The van der Waals surface area contributed by atoms with E-state index in [0.717, 1.165) is 17.7 Å². The van der Waals surface area contributed by atoms with E-state index in [1.165, 1.54) is 5.56 Å². The van der Waals surface area contributed by atoms with E-state index in [0.29, 0.717) is 5.25 Å². The molecule has 0 aromatic heterocycles. The Bertz CT molecular complexity index is 337. The molecule has 0 aliphatic carbocycles. The van der Waals surface area contributed by atoms with Gasteiger partial charge in [-0.2, -0.15) is 11.8 Å². The van der Waals surface area contributed by atoms with E-state index in [-0.39, 0.29) is 0 Å². The molecule has 1 aromatic rings. The first-order chi connectivity index (χ1) is 6.64. The molecule has 1 nitrogen and oxygen atoms in total. The molecule has 0 radical (unpaired) electrons. The van der Waals surface area contributed by atoms with Crippen molar-refractivity contribution in [2.24, 2.45) is 0 Å². The maximum atomic E-state index is 10.6. The predicted molar refractivity (Wildman–Crippen MR) is 61.6 cm³/mol. The minimum absolute atomic E-state index is 0.309. The van der Waals surface area contributed by atoms with Gasteiger partial charge in [-0.15, -0.1) is 0 Å². The van der Waals surface area contributed by atoms with Crippen molar-refractivity contribution in [3.05, 3.63) is 35.4 Å². The number of hydrogen-bond acceptors (Lipinski definition) is 2. The van der Waals surface area contributed by atoms with Crippen molar-refractivity contribution in [3.8, 4) is 0 Å². The third-order valence-corrected chi connectivity index (χ3v) is 4.46. The van der Waals surface area contributed by atoms with Gasteiger partial charge < -0.3 is 5.11 Å². The van der Waals surface area contributed by atoms with E-state index in [1.54, 1.807) is 0 Å². The van der Waals surface area contributed by atoms with Crippen LogP contribution in [0.5, 0.6) is 0 Å². The summed E-state index contributed by atoms with van der Waals surface area (Å²) in [6, 6.07) is 8.16. The third kappa shape index (κ3) is 1.47. The van der Waals surface area contributed by atoms with Crippen molar-refractivity contribution in [2.45, 2.75) is 31.1 Å². The van der Waals surface area contributed by atoms with Crippen molar-refractivity contribution < 1.29 is 5.11 Å². The van der Waals surface area contributed by atoms with Crippen LogP contribution in [0.15, 0.2) is 24.3 Å². The summed E-state index contributed by atoms with van der Waals surface area (Å²) in [4.78, 5) is 0. The molecule has 1 aliphatic rings. The zero-order valence-electron chi connectivity index (χ0n) is 8.66. The minimum atomic E-state index is -0.601. The molecule has 2 atom stereocenters. The van der Waals surface area contributed by atoms with Gasteiger partial charge in [0.15, 0.2) is 0 Å². The summed E-state index contributed by atoms with van der Waals surface area (Å²) in [5, 5.41) is 10.9. The molecule has 1 N–H and O–H groups in total. The normalized spacial score (nSPS) is 32.1. The average Bonchev–Trinajstić information content (AvgIpc) is 2.49. The first-order valence-electron chi connectivity index (χ1n) is 5.04. The van der Waals surface area contributed by atoms with Gasteiger partial charge in [0.25, 0.3) is 0 Å². The fourth-order valence-electron chi connectivity index (χ4n) is 2.14. The van der Waals surface area contributed by atoms with Crippen molar-refractivity contribution in [1.29, 1.82) is 0 Å². The van der Waals surface area contributed by atoms with Gasteiger partial charge in [0.1, 0.15) is 5.60 Å². The number of thioether (sulfide) groups is 1. The third-order valence-electron chi connectivity index (χ3n) is 3.14. The molecule has 0 spiro atoms. The summed E-state index contributed by atoms with van der Waals surface area (Å²) in [6.07, 6.45) is 0.879. The van der Waals surface area contributed by atoms with Crippen molar-refractivity contribution in [1.82, 2.24) is 0 Å². The van der Waals surface area contributed by atoms with Gasteiger partial charge in [0.2, 0.25) is 0 Å². The van der Waals surface area contributed by atoms with Crippen LogP contribution in [0.4, 0.5) is 0 Å². The summed E-state index contributed by atoms with van der Waals surface area (Å²) in [5.74, 6) is 1.06. The Morgan fingerprint density at radius 2 is 2.14 bits per heavy atom. The smallest absolute Gasteiger partial charge is 0.102 e. The van der Waals surface area contributed by atoms with E-state index in [9.17, 15) is 5.11 Å². The Hall–Kier alpha value is -0.470. The lowest BCUT2D eigenvalue weighted by molar-refractivity contribution is 0.0421. The number of hydrogen-bond donors (Lipinski definition) is 1. The van der Waals surface area contributed by atoms with Gasteiger partial charge in [0, 0.05) is 5.25 Å². The van der Waals surface area contributed by atoms with Crippen molar-refractivity contribution >= 4 is 11.8 Å². The summed E-state index contributed by atoms with van der Waals surface area (Å²) in [7, 11) is 0. The molecule has 76 valence electrons. The van der Waals surface area contributed by atoms with Crippen LogP contribution in [0.3, 0.4) is 0 Å². The number of aliphatic hydroxyl groups is 1. The van der Waals surface area contributed by atoms with E-state index >= 15 is 0 Å². The van der Waals surface area contributed by atoms with Gasteiger partial charge in [0.05, 0.1) is 0 Å². The molecule has 0 bridgehead atoms. The number of aryl methyl sites for hydroxylation is 1. The number of rotatable bonds is 1. The quantitative estimate of drug-likeness (QED) is 0.765. The Morgan fingerprint density at radius 3 is 2.71 bits per heavy atom. The molecule has 1 aliphatic heterocycles. The summed E-state index contributed by atoms with van der Waals surface area (Å²) >= 11 is 1.86. The molecular weight excluding hydrogens is 192 g/mol. The summed E-state index contributed by atoms with van der Waals surface area (Å²) < 4.78 is 0. The van der Waals surface area contributed by atoms with Gasteiger partial charge in [-0.25, -0.2) is 0 Å². The van der Waals surface area contributed by atoms with E-state index < -0.39 is 5.60 Å². The maximum absolute atomic E-state index is 10.6. The molecule has 2 heteroatoms. The SMILES string of the molecule is Cc1ccccc1[C@@]1(O)CCS[C@H]1C. The predicted octanol–water partition coefficient (Wildman–Crippen LogP) is 2.71. The molecule has 1 heterocycles. The second kappa shape index (κ2) is 3.59.